The summed E-state index contributed by atoms with van der Waals surface area (Å²) in [6.07, 6.45) is 0.744. The van der Waals surface area contributed by atoms with Gasteiger partial charge in [-0.05, 0) is 24.6 Å². The molecule has 1 heterocycles. The molecule has 0 radical (unpaired) electrons. The number of nitriles is 1. The predicted molar refractivity (Wildman–Crippen MR) is 73.5 cm³/mol. The molecule has 1 aliphatic rings. The van der Waals surface area contributed by atoms with Crippen molar-refractivity contribution in [1.82, 2.24) is 9.80 Å². The van der Waals surface area contributed by atoms with E-state index in [9.17, 15) is 13.6 Å². The Labute approximate surface area is 122 Å². The van der Waals surface area contributed by atoms with E-state index in [0.717, 1.165) is 18.6 Å². The van der Waals surface area contributed by atoms with Gasteiger partial charge < -0.3 is 4.90 Å². The van der Waals surface area contributed by atoms with E-state index in [2.05, 4.69) is 6.07 Å². The number of piperazine rings is 1. The standard InChI is InChI=1S/C15H17F2N3O/c1-2-12(10-18)19-5-7-20(8-6-19)15(21)11-3-4-13(16)14(17)9-11/h3-4,9,12H,2,5-8H2,1H3. The molecule has 21 heavy (non-hydrogen) atoms. The molecule has 1 aromatic carbocycles. The summed E-state index contributed by atoms with van der Waals surface area (Å²) in [6, 6.07) is 5.28. The van der Waals surface area contributed by atoms with Crippen LogP contribution in [0.2, 0.25) is 0 Å². The summed E-state index contributed by atoms with van der Waals surface area (Å²) in [7, 11) is 0. The molecule has 0 spiro atoms. The number of benzene rings is 1. The quantitative estimate of drug-likeness (QED) is 0.856. The van der Waals surface area contributed by atoms with Crippen LogP contribution in [-0.2, 0) is 0 Å². The van der Waals surface area contributed by atoms with Crippen LogP contribution in [0.1, 0.15) is 23.7 Å². The van der Waals surface area contributed by atoms with Gasteiger partial charge in [0.2, 0.25) is 0 Å². The van der Waals surface area contributed by atoms with Crippen LogP contribution in [0.5, 0.6) is 0 Å². The smallest absolute Gasteiger partial charge is 0.254 e. The summed E-state index contributed by atoms with van der Waals surface area (Å²) in [5.74, 6) is -2.29. The van der Waals surface area contributed by atoms with Crippen LogP contribution in [0.25, 0.3) is 0 Å². The van der Waals surface area contributed by atoms with Gasteiger partial charge in [-0.25, -0.2) is 8.78 Å². The fourth-order valence-electron chi connectivity index (χ4n) is 2.48. The summed E-state index contributed by atoms with van der Waals surface area (Å²) in [5.41, 5.74) is 0.148. The molecule has 0 aliphatic carbocycles. The molecule has 1 unspecified atom stereocenters. The number of amides is 1. The monoisotopic (exact) mass is 293 g/mol. The topological polar surface area (TPSA) is 47.3 Å². The normalized spacial score (nSPS) is 17.3. The highest BCUT2D eigenvalue weighted by Crippen LogP contribution is 2.14. The molecule has 0 saturated carbocycles. The molecule has 1 atom stereocenters. The Hall–Kier alpha value is -2.00. The minimum Gasteiger partial charge on any atom is -0.336 e. The molecule has 4 nitrogen and oxygen atoms in total. The predicted octanol–water partition coefficient (Wildman–Crippen LogP) is 2.02. The van der Waals surface area contributed by atoms with Crippen LogP contribution in [0.15, 0.2) is 18.2 Å². The number of nitrogens with zero attached hydrogens (tertiary/aromatic N) is 3. The number of hydrogen-bond acceptors (Lipinski definition) is 3. The van der Waals surface area contributed by atoms with Crippen molar-refractivity contribution in [2.24, 2.45) is 0 Å². The molecule has 112 valence electrons. The van der Waals surface area contributed by atoms with Gasteiger partial charge in [0.05, 0.1) is 12.1 Å². The zero-order valence-corrected chi connectivity index (χ0v) is 11.9. The zero-order valence-electron chi connectivity index (χ0n) is 11.9. The molecule has 1 aromatic rings. The van der Waals surface area contributed by atoms with E-state index < -0.39 is 11.6 Å². The van der Waals surface area contributed by atoms with Gasteiger partial charge in [-0.3, -0.25) is 9.69 Å². The molecule has 1 amide bonds. The summed E-state index contributed by atoms with van der Waals surface area (Å²) in [6.45, 7) is 4.14. The number of rotatable bonds is 3. The van der Waals surface area contributed by atoms with Gasteiger partial charge in [-0.1, -0.05) is 6.92 Å². The first-order chi connectivity index (χ1) is 10.1. The van der Waals surface area contributed by atoms with Gasteiger partial charge >= 0.3 is 0 Å². The first-order valence-electron chi connectivity index (χ1n) is 6.94. The maximum Gasteiger partial charge on any atom is 0.254 e. The molecule has 6 heteroatoms. The molecule has 1 aliphatic heterocycles. The number of halogens is 2. The molecule has 2 rings (SSSR count). The first kappa shape index (κ1) is 15.4. The Morgan fingerprint density at radius 3 is 2.48 bits per heavy atom. The fourth-order valence-corrected chi connectivity index (χ4v) is 2.48. The lowest BCUT2D eigenvalue weighted by Gasteiger charge is -2.36. The lowest BCUT2D eigenvalue weighted by molar-refractivity contribution is 0.0604. The van der Waals surface area contributed by atoms with E-state index >= 15 is 0 Å². The van der Waals surface area contributed by atoms with Crippen LogP contribution < -0.4 is 0 Å². The molecule has 0 N–H and O–H groups in total. The maximum absolute atomic E-state index is 13.2. The summed E-state index contributed by atoms with van der Waals surface area (Å²) in [4.78, 5) is 15.9. The van der Waals surface area contributed by atoms with Gasteiger partial charge in [0.15, 0.2) is 11.6 Å². The molecule has 1 fully saturated rings. The summed E-state index contributed by atoms with van der Waals surface area (Å²) >= 11 is 0. The van der Waals surface area contributed by atoms with Gasteiger partial charge in [0.25, 0.3) is 5.91 Å². The Kier molecular flexibility index (Phi) is 4.86. The van der Waals surface area contributed by atoms with E-state index in [-0.39, 0.29) is 17.5 Å². The average Bonchev–Trinajstić information content (AvgIpc) is 2.51. The number of carbonyl (C=O) groups is 1. The van der Waals surface area contributed by atoms with Crippen molar-refractivity contribution >= 4 is 5.91 Å². The van der Waals surface area contributed by atoms with Crippen molar-refractivity contribution in [2.75, 3.05) is 26.2 Å². The van der Waals surface area contributed by atoms with Crippen molar-refractivity contribution in [3.63, 3.8) is 0 Å². The summed E-state index contributed by atoms with van der Waals surface area (Å²) in [5, 5.41) is 9.04. The van der Waals surface area contributed by atoms with Crippen molar-refractivity contribution < 1.29 is 13.6 Å². The average molecular weight is 293 g/mol. The van der Waals surface area contributed by atoms with Crippen molar-refractivity contribution in [1.29, 1.82) is 5.26 Å². The summed E-state index contributed by atoms with van der Waals surface area (Å²) < 4.78 is 26.1. The lowest BCUT2D eigenvalue weighted by atomic mass is 10.1. The van der Waals surface area contributed by atoms with Crippen LogP contribution in [0, 0.1) is 23.0 Å². The molecule has 0 aromatic heterocycles. The molecule has 1 saturated heterocycles. The Morgan fingerprint density at radius 2 is 1.95 bits per heavy atom. The SMILES string of the molecule is CCC(C#N)N1CCN(C(=O)c2ccc(F)c(F)c2)CC1. The van der Waals surface area contributed by atoms with Gasteiger partial charge in [0, 0.05) is 31.7 Å². The Morgan fingerprint density at radius 1 is 1.29 bits per heavy atom. The van der Waals surface area contributed by atoms with Gasteiger partial charge in [0.1, 0.15) is 0 Å². The maximum atomic E-state index is 13.2. The van der Waals surface area contributed by atoms with E-state index in [0.29, 0.717) is 26.2 Å². The second-order valence-electron chi connectivity index (χ2n) is 5.01. The Balaban J connectivity index is 2.00. The van der Waals surface area contributed by atoms with Crippen molar-refractivity contribution in [3.05, 3.63) is 35.4 Å². The second-order valence-corrected chi connectivity index (χ2v) is 5.01. The highest BCUT2D eigenvalue weighted by Gasteiger charge is 2.26. The number of carbonyl (C=O) groups excluding carboxylic acids is 1. The van der Waals surface area contributed by atoms with E-state index in [1.807, 2.05) is 11.8 Å². The largest absolute Gasteiger partial charge is 0.336 e. The lowest BCUT2D eigenvalue weighted by Crippen LogP contribution is -2.51. The minimum absolute atomic E-state index is 0.134. The van der Waals surface area contributed by atoms with Crippen molar-refractivity contribution in [3.8, 4) is 6.07 Å². The van der Waals surface area contributed by atoms with E-state index in [1.165, 1.54) is 6.07 Å². The van der Waals surface area contributed by atoms with Crippen molar-refractivity contribution in [2.45, 2.75) is 19.4 Å². The highest BCUT2D eigenvalue weighted by atomic mass is 19.2. The van der Waals surface area contributed by atoms with E-state index in [4.69, 9.17) is 5.26 Å². The third-order valence-corrected chi connectivity index (χ3v) is 3.74. The van der Waals surface area contributed by atoms with Crippen LogP contribution in [0.4, 0.5) is 8.78 Å². The number of hydrogen-bond donors (Lipinski definition) is 0. The van der Waals surface area contributed by atoms with Crippen LogP contribution in [-0.4, -0.2) is 47.9 Å². The van der Waals surface area contributed by atoms with Crippen LogP contribution in [0.3, 0.4) is 0 Å². The zero-order chi connectivity index (χ0) is 15.4. The van der Waals surface area contributed by atoms with Gasteiger partial charge in [-0.15, -0.1) is 0 Å². The third kappa shape index (κ3) is 3.37. The Bertz CT molecular complexity index is 563. The fraction of sp³-hybridized carbons (Fsp3) is 0.467. The minimum atomic E-state index is -1.02. The first-order valence-corrected chi connectivity index (χ1v) is 6.94. The van der Waals surface area contributed by atoms with E-state index in [1.54, 1.807) is 4.90 Å². The molecular weight excluding hydrogens is 276 g/mol. The van der Waals surface area contributed by atoms with Gasteiger partial charge in [-0.2, -0.15) is 5.26 Å². The molecule has 0 bridgehead atoms. The molecular formula is C15H17F2N3O. The second kappa shape index (κ2) is 6.64. The highest BCUT2D eigenvalue weighted by molar-refractivity contribution is 5.94. The third-order valence-electron chi connectivity index (χ3n) is 3.74. The van der Waals surface area contributed by atoms with Crippen LogP contribution >= 0.6 is 0 Å².